The van der Waals surface area contributed by atoms with E-state index in [0.717, 1.165) is 0 Å². The molecule has 1 aromatic carbocycles. The number of hydrogen-bond donors (Lipinski definition) is 6. The number of nitrogen functional groups attached to an aromatic ring is 5. The fraction of sp³-hybridized carbons (Fsp3) is 0.143. The standard InChI is InChI=1S/C7H14N6S/c1-14-13-7-5(11)3(9)2(8)4(10)6(7)12/h13H,8-12H2,1H3. The van der Waals surface area contributed by atoms with Crippen molar-refractivity contribution in [1.29, 1.82) is 0 Å². The summed E-state index contributed by atoms with van der Waals surface area (Å²) in [6, 6.07) is 0. The lowest BCUT2D eigenvalue weighted by Gasteiger charge is -2.16. The van der Waals surface area contributed by atoms with Crippen molar-refractivity contribution in [2.45, 2.75) is 0 Å². The third-order valence-corrected chi connectivity index (χ3v) is 2.31. The Hall–Kier alpha value is -1.63. The van der Waals surface area contributed by atoms with Gasteiger partial charge >= 0.3 is 0 Å². The normalized spacial score (nSPS) is 10.1. The zero-order chi connectivity index (χ0) is 10.9. The number of rotatable bonds is 2. The number of benzene rings is 1. The van der Waals surface area contributed by atoms with Crippen molar-refractivity contribution in [2.75, 3.05) is 39.6 Å². The maximum atomic E-state index is 5.72. The monoisotopic (exact) mass is 214 g/mol. The van der Waals surface area contributed by atoms with Crippen LogP contribution in [0.1, 0.15) is 0 Å². The van der Waals surface area contributed by atoms with Crippen molar-refractivity contribution in [1.82, 2.24) is 0 Å². The minimum atomic E-state index is 0.228. The lowest BCUT2D eigenvalue weighted by Crippen LogP contribution is -2.10. The van der Waals surface area contributed by atoms with Crippen LogP contribution in [0.2, 0.25) is 0 Å². The molecule has 0 spiro atoms. The number of nitrogens with one attached hydrogen (secondary N) is 1. The van der Waals surface area contributed by atoms with Crippen LogP contribution in [0.4, 0.5) is 34.1 Å². The molecule has 6 nitrogen and oxygen atoms in total. The molecule has 0 heterocycles. The predicted molar refractivity (Wildman–Crippen MR) is 65.6 cm³/mol. The van der Waals surface area contributed by atoms with Gasteiger partial charge in [0, 0.05) is 6.26 Å². The van der Waals surface area contributed by atoms with Crippen molar-refractivity contribution in [3.05, 3.63) is 0 Å². The van der Waals surface area contributed by atoms with Gasteiger partial charge in [0.25, 0.3) is 0 Å². The van der Waals surface area contributed by atoms with Crippen molar-refractivity contribution in [2.24, 2.45) is 0 Å². The van der Waals surface area contributed by atoms with Gasteiger partial charge in [0.1, 0.15) is 0 Å². The molecule has 0 fully saturated rings. The molecule has 11 N–H and O–H groups in total. The summed E-state index contributed by atoms with van der Waals surface area (Å²) in [7, 11) is 0. The van der Waals surface area contributed by atoms with Crippen molar-refractivity contribution >= 4 is 46.1 Å². The molecule has 0 aromatic heterocycles. The lowest BCUT2D eigenvalue weighted by molar-refractivity contribution is 1.61. The van der Waals surface area contributed by atoms with Crippen LogP contribution in [0, 0.1) is 0 Å². The van der Waals surface area contributed by atoms with E-state index in [1.165, 1.54) is 11.9 Å². The Kier molecular flexibility index (Phi) is 2.70. The average molecular weight is 214 g/mol. The molecule has 7 heteroatoms. The van der Waals surface area contributed by atoms with E-state index < -0.39 is 0 Å². The summed E-state index contributed by atoms with van der Waals surface area (Å²) in [6.07, 6.45) is 1.83. The first-order valence-corrected chi connectivity index (χ1v) is 5.03. The Morgan fingerprint density at radius 1 is 0.786 bits per heavy atom. The van der Waals surface area contributed by atoms with E-state index in [-0.39, 0.29) is 17.1 Å². The van der Waals surface area contributed by atoms with Crippen molar-refractivity contribution in [3.8, 4) is 0 Å². The maximum absolute atomic E-state index is 5.72. The molecule has 0 aliphatic carbocycles. The Morgan fingerprint density at radius 3 is 1.50 bits per heavy atom. The third-order valence-electron chi connectivity index (χ3n) is 1.90. The van der Waals surface area contributed by atoms with Crippen LogP contribution in [0.5, 0.6) is 0 Å². The highest BCUT2D eigenvalue weighted by atomic mass is 32.2. The van der Waals surface area contributed by atoms with Gasteiger partial charge in [0.15, 0.2) is 0 Å². The molecule has 0 saturated carbocycles. The molecule has 0 amide bonds. The molecule has 0 saturated heterocycles. The van der Waals surface area contributed by atoms with Gasteiger partial charge in [-0.1, -0.05) is 11.9 Å². The zero-order valence-electron chi connectivity index (χ0n) is 7.79. The minimum Gasteiger partial charge on any atom is -0.395 e. The van der Waals surface area contributed by atoms with E-state index in [2.05, 4.69) is 4.72 Å². The highest BCUT2D eigenvalue weighted by molar-refractivity contribution is 7.99. The molecule has 0 atom stereocenters. The number of nitrogens with two attached hydrogens (primary N) is 5. The summed E-state index contributed by atoms with van der Waals surface area (Å²) in [5.41, 5.74) is 30.2. The van der Waals surface area contributed by atoms with E-state index in [1.54, 1.807) is 0 Å². The Labute approximate surface area is 86.3 Å². The molecule has 14 heavy (non-hydrogen) atoms. The second kappa shape index (κ2) is 3.62. The summed E-state index contributed by atoms with van der Waals surface area (Å²) >= 11 is 1.34. The molecule has 0 aliphatic heterocycles. The van der Waals surface area contributed by atoms with Gasteiger partial charge < -0.3 is 33.4 Å². The molecule has 0 aliphatic rings. The van der Waals surface area contributed by atoms with Crippen LogP contribution in [0.25, 0.3) is 0 Å². The van der Waals surface area contributed by atoms with E-state index in [4.69, 9.17) is 28.7 Å². The van der Waals surface area contributed by atoms with Gasteiger partial charge in [-0.3, -0.25) is 0 Å². The Bertz CT molecular complexity index is 335. The fourth-order valence-electron chi connectivity index (χ4n) is 1.06. The first-order valence-electron chi connectivity index (χ1n) is 3.81. The van der Waals surface area contributed by atoms with Gasteiger partial charge in [-0.2, -0.15) is 0 Å². The number of anilines is 6. The molecule has 0 unspecified atom stereocenters. The van der Waals surface area contributed by atoms with E-state index in [1.807, 2.05) is 6.26 Å². The summed E-state index contributed by atoms with van der Waals surface area (Å²) in [5.74, 6) is 0. The second-order valence-electron chi connectivity index (χ2n) is 2.75. The molecular formula is C7H14N6S. The van der Waals surface area contributed by atoms with Crippen LogP contribution in [0.3, 0.4) is 0 Å². The van der Waals surface area contributed by atoms with E-state index in [0.29, 0.717) is 17.1 Å². The molecule has 0 radical (unpaired) electrons. The quantitative estimate of drug-likeness (QED) is 0.307. The topological polar surface area (TPSA) is 142 Å². The van der Waals surface area contributed by atoms with Gasteiger partial charge in [0.05, 0.1) is 34.1 Å². The van der Waals surface area contributed by atoms with Gasteiger partial charge in [-0.25, -0.2) is 0 Å². The largest absolute Gasteiger partial charge is 0.395 e. The predicted octanol–water partition coefficient (Wildman–Crippen LogP) is 0.288. The van der Waals surface area contributed by atoms with Crippen molar-refractivity contribution < 1.29 is 0 Å². The summed E-state index contributed by atoms with van der Waals surface area (Å²) in [4.78, 5) is 0. The van der Waals surface area contributed by atoms with E-state index >= 15 is 0 Å². The number of hydrogen-bond acceptors (Lipinski definition) is 7. The SMILES string of the molecule is CSNc1c(N)c(N)c(N)c(N)c1N. The van der Waals surface area contributed by atoms with Crippen molar-refractivity contribution in [3.63, 3.8) is 0 Å². The third kappa shape index (κ3) is 1.41. The zero-order valence-corrected chi connectivity index (χ0v) is 8.61. The second-order valence-corrected chi connectivity index (χ2v) is 3.36. The highest BCUT2D eigenvalue weighted by Gasteiger charge is 2.15. The Morgan fingerprint density at radius 2 is 1.14 bits per heavy atom. The maximum Gasteiger partial charge on any atom is 0.0950 e. The van der Waals surface area contributed by atoms with E-state index in [9.17, 15) is 0 Å². The fourth-order valence-corrected chi connectivity index (χ4v) is 1.49. The molecule has 1 rings (SSSR count). The summed E-state index contributed by atoms with van der Waals surface area (Å²) in [6.45, 7) is 0. The van der Waals surface area contributed by atoms with Crippen LogP contribution in [-0.4, -0.2) is 6.26 Å². The summed E-state index contributed by atoms with van der Waals surface area (Å²) < 4.78 is 2.90. The van der Waals surface area contributed by atoms with Crippen LogP contribution < -0.4 is 33.4 Å². The first-order chi connectivity index (χ1) is 6.50. The van der Waals surface area contributed by atoms with Crippen LogP contribution in [0.15, 0.2) is 0 Å². The highest BCUT2D eigenvalue weighted by Crippen LogP contribution is 2.42. The first kappa shape index (κ1) is 10.5. The smallest absolute Gasteiger partial charge is 0.0950 e. The van der Waals surface area contributed by atoms with Gasteiger partial charge in [-0.15, -0.1) is 0 Å². The lowest BCUT2D eigenvalue weighted by atomic mass is 10.1. The molecule has 1 aromatic rings. The molecule has 78 valence electrons. The molecule has 0 bridgehead atoms. The van der Waals surface area contributed by atoms with Gasteiger partial charge in [0.2, 0.25) is 0 Å². The Balaban J connectivity index is 3.43. The summed E-state index contributed by atoms with van der Waals surface area (Å²) in [5, 5.41) is 0. The molecular weight excluding hydrogens is 200 g/mol. The van der Waals surface area contributed by atoms with Gasteiger partial charge in [-0.05, 0) is 0 Å². The average Bonchev–Trinajstić information content (AvgIpc) is 2.19. The van der Waals surface area contributed by atoms with Crippen LogP contribution in [-0.2, 0) is 0 Å². The minimum absolute atomic E-state index is 0.228. The van der Waals surface area contributed by atoms with Crippen LogP contribution >= 0.6 is 11.9 Å².